The number of rotatable bonds is 6. The summed E-state index contributed by atoms with van der Waals surface area (Å²) in [4.78, 5) is 12.1. The SMILES string of the molecule is CCOC(=O)c1ccc(OCCO)cc1-c1cccc(F)c1. The van der Waals surface area contributed by atoms with Gasteiger partial charge in [-0.3, -0.25) is 0 Å². The van der Waals surface area contributed by atoms with Gasteiger partial charge >= 0.3 is 5.97 Å². The van der Waals surface area contributed by atoms with Crippen LogP contribution in [0.4, 0.5) is 4.39 Å². The maximum absolute atomic E-state index is 13.5. The number of aliphatic hydroxyl groups is 1. The van der Waals surface area contributed by atoms with Crippen LogP contribution in [0.1, 0.15) is 17.3 Å². The van der Waals surface area contributed by atoms with Crippen LogP contribution >= 0.6 is 0 Å². The van der Waals surface area contributed by atoms with Gasteiger partial charge in [-0.25, -0.2) is 9.18 Å². The topological polar surface area (TPSA) is 55.8 Å². The summed E-state index contributed by atoms with van der Waals surface area (Å²) < 4.78 is 23.8. The van der Waals surface area contributed by atoms with E-state index in [0.29, 0.717) is 22.4 Å². The number of esters is 1. The summed E-state index contributed by atoms with van der Waals surface area (Å²) in [6.07, 6.45) is 0. The summed E-state index contributed by atoms with van der Waals surface area (Å²) in [5, 5.41) is 8.81. The van der Waals surface area contributed by atoms with Gasteiger partial charge in [-0.15, -0.1) is 0 Å². The zero-order valence-corrected chi connectivity index (χ0v) is 12.2. The lowest BCUT2D eigenvalue weighted by molar-refractivity contribution is 0.0527. The Hall–Kier alpha value is -2.40. The van der Waals surface area contributed by atoms with E-state index in [2.05, 4.69) is 0 Å². The summed E-state index contributed by atoms with van der Waals surface area (Å²) in [5.41, 5.74) is 1.41. The van der Waals surface area contributed by atoms with Crippen molar-refractivity contribution in [1.29, 1.82) is 0 Å². The second-order valence-corrected chi connectivity index (χ2v) is 4.51. The fourth-order valence-corrected chi connectivity index (χ4v) is 2.06. The molecule has 0 radical (unpaired) electrons. The lowest BCUT2D eigenvalue weighted by atomic mass is 9.99. The minimum Gasteiger partial charge on any atom is -0.491 e. The summed E-state index contributed by atoms with van der Waals surface area (Å²) in [7, 11) is 0. The first kappa shape index (κ1) is 16.0. The predicted octanol–water partition coefficient (Wildman–Crippen LogP) is 3.04. The normalized spacial score (nSPS) is 10.3. The van der Waals surface area contributed by atoms with Gasteiger partial charge < -0.3 is 14.6 Å². The number of aliphatic hydroxyl groups excluding tert-OH is 1. The fourth-order valence-electron chi connectivity index (χ4n) is 2.06. The molecule has 0 saturated heterocycles. The fraction of sp³-hybridized carbons (Fsp3) is 0.235. The molecule has 0 unspecified atom stereocenters. The molecule has 0 aliphatic heterocycles. The maximum atomic E-state index is 13.5. The summed E-state index contributed by atoms with van der Waals surface area (Å²) in [6, 6.07) is 10.8. The van der Waals surface area contributed by atoms with Crippen molar-refractivity contribution in [3.05, 3.63) is 53.8 Å². The van der Waals surface area contributed by atoms with Gasteiger partial charge in [0.25, 0.3) is 0 Å². The number of hydrogen-bond acceptors (Lipinski definition) is 4. The van der Waals surface area contributed by atoms with E-state index in [-0.39, 0.29) is 19.8 Å². The molecular weight excluding hydrogens is 287 g/mol. The average molecular weight is 304 g/mol. The Morgan fingerprint density at radius 2 is 2.05 bits per heavy atom. The lowest BCUT2D eigenvalue weighted by Gasteiger charge is -2.12. The van der Waals surface area contributed by atoms with E-state index in [1.54, 1.807) is 37.3 Å². The number of hydrogen-bond donors (Lipinski definition) is 1. The Balaban J connectivity index is 2.47. The van der Waals surface area contributed by atoms with Crippen molar-refractivity contribution in [3.8, 4) is 16.9 Å². The van der Waals surface area contributed by atoms with Crippen LogP contribution in [0, 0.1) is 5.82 Å². The standard InChI is InChI=1S/C17H17FO4/c1-2-21-17(20)15-7-6-14(22-9-8-19)11-16(15)12-4-3-5-13(18)10-12/h3-7,10-11,19H,2,8-9H2,1H3. The minimum absolute atomic E-state index is 0.116. The number of carbonyl (C=O) groups excluding carboxylic acids is 1. The molecule has 0 amide bonds. The van der Waals surface area contributed by atoms with Crippen LogP contribution < -0.4 is 4.74 Å². The van der Waals surface area contributed by atoms with Crippen molar-refractivity contribution in [2.75, 3.05) is 19.8 Å². The Morgan fingerprint density at radius 1 is 1.23 bits per heavy atom. The van der Waals surface area contributed by atoms with E-state index in [1.165, 1.54) is 12.1 Å². The van der Waals surface area contributed by atoms with Crippen LogP contribution in [-0.4, -0.2) is 30.9 Å². The van der Waals surface area contributed by atoms with Crippen molar-refractivity contribution in [2.45, 2.75) is 6.92 Å². The van der Waals surface area contributed by atoms with Crippen molar-refractivity contribution in [2.24, 2.45) is 0 Å². The average Bonchev–Trinajstić information content (AvgIpc) is 2.53. The van der Waals surface area contributed by atoms with Crippen molar-refractivity contribution >= 4 is 5.97 Å². The smallest absolute Gasteiger partial charge is 0.338 e. The minimum atomic E-state index is -0.476. The van der Waals surface area contributed by atoms with E-state index >= 15 is 0 Å². The molecule has 22 heavy (non-hydrogen) atoms. The zero-order valence-electron chi connectivity index (χ0n) is 12.2. The summed E-state index contributed by atoms with van der Waals surface area (Å²) in [5.74, 6) is -0.384. The van der Waals surface area contributed by atoms with E-state index in [9.17, 15) is 9.18 Å². The van der Waals surface area contributed by atoms with E-state index in [4.69, 9.17) is 14.6 Å². The van der Waals surface area contributed by atoms with Crippen LogP contribution in [0.3, 0.4) is 0 Å². The van der Waals surface area contributed by atoms with Crippen molar-refractivity contribution in [3.63, 3.8) is 0 Å². The number of halogens is 1. The molecule has 2 aromatic carbocycles. The molecule has 0 atom stereocenters. The van der Waals surface area contributed by atoms with Crippen molar-refractivity contribution in [1.82, 2.24) is 0 Å². The molecule has 0 aromatic heterocycles. The molecule has 0 saturated carbocycles. The molecule has 0 aliphatic rings. The largest absolute Gasteiger partial charge is 0.491 e. The van der Waals surface area contributed by atoms with Gasteiger partial charge in [0.15, 0.2) is 0 Å². The highest BCUT2D eigenvalue weighted by Crippen LogP contribution is 2.29. The van der Waals surface area contributed by atoms with Gasteiger partial charge in [0.1, 0.15) is 18.2 Å². The number of carbonyl (C=O) groups is 1. The first-order chi connectivity index (χ1) is 10.7. The number of ether oxygens (including phenoxy) is 2. The molecule has 2 rings (SSSR count). The highest BCUT2D eigenvalue weighted by Gasteiger charge is 2.15. The van der Waals surface area contributed by atoms with Crippen molar-refractivity contribution < 1.29 is 23.8 Å². The Bertz CT molecular complexity index is 655. The molecule has 4 nitrogen and oxygen atoms in total. The highest BCUT2D eigenvalue weighted by molar-refractivity contribution is 5.97. The number of benzene rings is 2. The predicted molar refractivity (Wildman–Crippen MR) is 80.4 cm³/mol. The Labute approximate surface area is 128 Å². The maximum Gasteiger partial charge on any atom is 0.338 e. The van der Waals surface area contributed by atoms with Gasteiger partial charge in [0.2, 0.25) is 0 Å². The van der Waals surface area contributed by atoms with Crippen LogP contribution in [0.2, 0.25) is 0 Å². The Kier molecular flexibility index (Phi) is 5.49. The van der Waals surface area contributed by atoms with E-state index in [0.717, 1.165) is 0 Å². The molecule has 2 aromatic rings. The monoisotopic (exact) mass is 304 g/mol. The van der Waals surface area contributed by atoms with Gasteiger partial charge in [-0.1, -0.05) is 12.1 Å². The van der Waals surface area contributed by atoms with Crippen LogP contribution in [0.25, 0.3) is 11.1 Å². The first-order valence-corrected chi connectivity index (χ1v) is 6.96. The van der Waals surface area contributed by atoms with Crippen LogP contribution in [0.5, 0.6) is 5.75 Å². The van der Waals surface area contributed by atoms with Gasteiger partial charge in [0.05, 0.1) is 18.8 Å². The second kappa shape index (κ2) is 7.56. The molecule has 0 aliphatic carbocycles. The molecule has 5 heteroatoms. The highest BCUT2D eigenvalue weighted by atomic mass is 19.1. The third-order valence-electron chi connectivity index (χ3n) is 2.98. The van der Waals surface area contributed by atoms with Crippen LogP contribution in [0.15, 0.2) is 42.5 Å². The molecule has 1 N–H and O–H groups in total. The molecule has 0 bridgehead atoms. The van der Waals surface area contributed by atoms with Gasteiger partial charge in [-0.05, 0) is 48.4 Å². The van der Waals surface area contributed by atoms with Gasteiger partial charge in [0, 0.05) is 0 Å². The molecule has 116 valence electrons. The first-order valence-electron chi connectivity index (χ1n) is 6.96. The lowest BCUT2D eigenvalue weighted by Crippen LogP contribution is -2.07. The zero-order chi connectivity index (χ0) is 15.9. The second-order valence-electron chi connectivity index (χ2n) is 4.51. The van der Waals surface area contributed by atoms with Gasteiger partial charge in [-0.2, -0.15) is 0 Å². The third kappa shape index (κ3) is 3.83. The molecular formula is C17H17FO4. The molecule has 0 spiro atoms. The molecule has 0 fully saturated rings. The summed E-state index contributed by atoms with van der Waals surface area (Å²) in [6.45, 7) is 2.00. The third-order valence-corrected chi connectivity index (χ3v) is 2.98. The van der Waals surface area contributed by atoms with Crippen LogP contribution in [-0.2, 0) is 4.74 Å². The summed E-state index contributed by atoms with van der Waals surface area (Å²) >= 11 is 0. The Morgan fingerprint density at radius 3 is 2.73 bits per heavy atom. The quantitative estimate of drug-likeness (QED) is 0.833. The van der Waals surface area contributed by atoms with E-state index in [1.807, 2.05) is 0 Å². The van der Waals surface area contributed by atoms with E-state index < -0.39 is 11.8 Å². The molecule has 0 heterocycles.